The minimum Gasteiger partial charge on any atom is -0.293 e. The molecule has 0 saturated carbocycles. The maximum absolute atomic E-state index is 11.3. The zero-order chi connectivity index (χ0) is 11.6. The SMILES string of the molecule is Cc1c(Br)cc(C(=O)CCl)cc1[N+](=O)[O-]. The number of ketones is 1. The molecule has 0 atom stereocenters. The molecule has 0 aliphatic rings. The molecule has 1 aromatic rings. The fraction of sp³-hybridized carbons (Fsp3) is 0.222. The lowest BCUT2D eigenvalue weighted by molar-refractivity contribution is -0.385. The van der Waals surface area contributed by atoms with Crippen molar-refractivity contribution in [1.29, 1.82) is 0 Å². The second-order valence-corrected chi connectivity index (χ2v) is 4.04. The number of benzene rings is 1. The van der Waals surface area contributed by atoms with Gasteiger partial charge < -0.3 is 0 Å². The van der Waals surface area contributed by atoms with Gasteiger partial charge in [0, 0.05) is 21.7 Å². The normalized spacial score (nSPS) is 10.1. The molecule has 0 saturated heterocycles. The molecule has 0 unspecified atom stereocenters. The fourth-order valence-electron chi connectivity index (χ4n) is 1.09. The summed E-state index contributed by atoms with van der Waals surface area (Å²) in [7, 11) is 0. The van der Waals surface area contributed by atoms with Crippen molar-refractivity contribution in [2.24, 2.45) is 0 Å². The van der Waals surface area contributed by atoms with E-state index in [2.05, 4.69) is 15.9 Å². The first kappa shape index (κ1) is 12.1. The molecular formula is C9H7BrClNO3. The van der Waals surface area contributed by atoms with Crippen molar-refractivity contribution in [2.75, 3.05) is 5.88 Å². The van der Waals surface area contributed by atoms with Crippen molar-refractivity contribution < 1.29 is 9.72 Å². The first-order valence-corrected chi connectivity index (χ1v) is 5.33. The van der Waals surface area contributed by atoms with Crippen LogP contribution in [-0.4, -0.2) is 16.6 Å². The molecule has 0 aliphatic carbocycles. The van der Waals surface area contributed by atoms with Crippen LogP contribution in [0.5, 0.6) is 0 Å². The van der Waals surface area contributed by atoms with Crippen LogP contribution in [0.25, 0.3) is 0 Å². The third-order valence-corrected chi connectivity index (χ3v) is 3.02. The predicted octanol–water partition coefficient (Wildman–Crippen LogP) is 3.09. The van der Waals surface area contributed by atoms with Gasteiger partial charge in [0.25, 0.3) is 5.69 Å². The lowest BCUT2D eigenvalue weighted by Gasteiger charge is -2.03. The van der Waals surface area contributed by atoms with E-state index >= 15 is 0 Å². The molecule has 0 amide bonds. The smallest absolute Gasteiger partial charge is 0.274 e. The van der Waals surface area contributed by atoms with E-state index in [1.807, 2.05) is 0 Å². The van der Waals surface area contributed by atoms with Crippen LogP contribution >= 0.6 is 27.5 Å². The van der Waals surface area contributed by atoms with Gasteiger partial charge in [0.05, 0.1) is 10.8 Å². The van der Waals surface area contributed by atoms with Crippen LogP contribution in [0.2, 0.25) is 0 Å². The Labute approximate surface area is 99.5 Å². The molecule has 0 radical (unpaired) electrons. The van der Waals surface area contributed by atoms with Gasteiger partial charge in [-0.25, -0.2) is 0 Å². The molecule has 15 heavy (non-hydrogen) atoms. The molecule has 4 nitrogen and oxygen atoms in total. The lowest BCUT2D eigenvalue weighted by atomic mass is 10.1. The summed E-state index contributed by atoms with van der Waals surface area (Å²) in [6.45, 7) is 1.61. The number of rotatable bonds is 3. The first-order valence-electron chi connectivity index (χ1n) is 4.01. The molecule has 80 valence electrons. The molecule has 0 heterocycles. The van der Waals surface area contributed by atoms with Gasteiger partial charge in [-0.3, -0.25) is 14.9 Å². The molecule has 0 aromatic heterocycles. The van der Waals surface area contributed by atoms with E-state index in [4.69, 9.17) is 11.6 Å². The van der Waals surface area contributed by atoms with Crippen molar-refractivity contribution in [3.05, 3.63) is 37.8 Å². The molecular weight excluding hydrogens is 285 g/mol. The summed E-state index contributed by atoms with van der Waals surface area (Å²) in [6.07, 6.45) is 0. The van der Waals surface area contributed by atoms with Gasteiger partial charge in [-0.2, -0.15) is 0 Å². The van der Waals surface area contributed by atoms with Gasteiger partial charge in [-0.05, 0) is 13.0 Å². The number of Topliss-reactive ketones (excluding diaryl/α,β-unsaturated/α-hetero) is 1. The maximum Gasteiger partial charge on any atom is 0.274 e. The number of hydrogen-bond acceptors (Lipinski definition) is 3. The largest absolute Gasteiger partial charge is 0.293 e. The molecule has 6 heteroatoms. The van der Waals surface area contributed by atoms with Gasteiger partial charge in [-0.15, -0.1) is 11.6 Å². The van der Waals surface area contributed by atoms with Crippen LogP contribution in [0, 0.1) is 17.0 Å². The molecule has 1 rings (SSSR count). The van der Waals surface area contributed by atoms with Gasteiger partial charge in [0.2, 0.25) is 0 Å². The molecule has 0 fully saturated rings. The predicted molar refractivity (Wildman–Crippen MR) is 60.6 cm³/mol. The molecule has 0 bridgehead atoms. The summed E-state index contributed by atoms with van der Waals surface area (Å²) in [6, 6.07) is 2.78. The number of hydrogen-bond donors (Lipinski definition) is 0. The Morgan fingerprint density at radius 1 is 1.60 bits per heavy atom. The van der Waals surface area contributed by atoms with E-state index in [0.717, 1.165) is 0 Å². The number of carbonyl (C=O) groups excluding carboxylic acids is 1. The van der Waals surface area contributed by atoms with Crippen LogP contribution in [0.3, 0.4) is 0 Å². The van der Waals surface area contributed by atoms with E-state index in [0.29, 0.717) is 10.0 Å². The van der Waals surface area contributed by atoms with E-state index in [-0.39, 0.29) is 22.9 Å². The maximum atomic E-state index is 11.3. The Kier molecular flexibility index (Phi) is 3.82. The van der Waals surface area contributed by atoms with E-state index in [9.17, 15) is 14.9 Å². The van der Waals surface area contributed by atoms with Crippen molar-refractivity contribution in [3.63, 3.8) is 0 Å². The second kappa shape index (κ2) is 4.72. The second-order valence-electron chi connectivity index (χ2n) is 2.92. The summed E-state index contributed by atoms with van der Waals surface area (Å²) < 4.78 is 0.533. The third kappa shape index (κ3) is 2.54. The standard InChI is InChI=1S/C9H7BrClNO3/c1-5-7(10)2-6(9(13)4-11)3-8(5)12(14)15/h2-3H,4H2,1H3. The highest BCUT2D eigenvalue weighted by Crippen LogP contribution is 2.28. The van der Waals surface area contributed by atoms with Crippen LogP contribution < -0.4 is 0 Å². The van der Waals surface area contributed by atoms with Gasteiger partial charge in [0.15, 0.2) is 5.78 Å². The number of nitrogens with zero attached hydrogens (tertiary/aromatic N) is 1. The summed E-state index contributed by atoms with van der Waals surface area (Å²) in [5.74, 6) is -0.521. The summed E-state index contributed by atoms with van der Waals surface area (Å²) in [4.78, 5) is 21.4. The Bertz CT molecular complexity index is 434. The summed E-state index contributed by atoms with van der Waals surface area (Å²) >= 11 is 8.54. The summed E-state index contributed by atoms with van der Waals surface area (Å²) in [5.41, 5.74) is 0.651. The lowest BCUT2D eigenvalue weighted by Crippen LogP contribution is -2.03. The highest BCUT2D eigenvalue weighted by molar-refractivity contribution is 9.10. The van der Waals surface area contributed by atoms with Crippen LogP contribution in [-0.2, 0) is 0 Å². The topological polar surface area (TPSA) is 60.2 Å². The van der Waals surface area contributed by atoms with E-state index in [1.54, 1.807) is 6.92 Å². The number of carbonyl (C=O) groups is 1. The van der Waals surface area contributed by atoms with Gasteiger partial charge >= 0.3 is 0 Å². The zero-order valence-electron chi connectivity index (χ0n) is 7.79. The molecule has 0 spiro atoms. The summed E-state index contributed by atoms with van der Waals surface area (Å²) in [5, 5.41) is 10.7. The Balaban J connectivity index is 3.35. The van der Waals surface area contributed by atoms with Crippen molar-refractivity contribution in [2.45, 2.75) is 6.92 Å². The number of nitro benzene ring substituents is 1. The molecule has 0 N–H and O–H groups in total. The Morgan fingerprint density at radius 2 is 2.20 bits per heavy atom. The number of alkyl halides is 1. The quantitative estimate of drug-likeness (QED) is 0.372. The van der Waals surface area contributed by atoms with Crippen LogP contribution in [0.15, 0.2) is 16.6 Å². The average molecular weight is 293 g/mol. The van der Waals surface area contributed by atoms with Gasteiger partial charge in [-0.1, -0.05) is 15.9 Å². The highest BCUT2D eigenvalue weighted by atomic mass is 79.9. The minimum absolute atomic E-state index is 0.0853. The van der Waals surface area contributed by atoms with Gasteiger partial charge in [0.1, 0.15) is 0 Å². The number of halogens is 2. The average Bonchev–Trinajstić information content (AvgIpc) is 2.20. The fourth-order valence-corrected chi connectivity index (χ4v) is 1.70. The zero-order valence-corrected chi connectivity index (χ0v) is 10.1. The van der Waals surface area contributed by atoms with Crippen molar-refractivity contribution in [1.82, 2.24) is 0 Å². The van der Waals surface area contributed by atoms with Crippen molar-refractivity contribution >= 4 is 39.0 Å². The van der Waals surface area contributed by atoms with E-state index < -0.39 is 4.92 Å². The Hall–Kier alpha value is -0.940. The minimum atomic E-state index is -0.523. The first-order chi connectivity index (χ1) is 6.97. The molecule has 1 aromatic carbocycles. The third-order valence-electron chi connectivity index (χ3n) is 1.96. The van der Waals surface area contributed by atoms with Crippen molar-refractivity contribution in [3.8, 4) is 0 Å². The van der Waals surface area contributed by atoms with E-state index in [1.165, 1.54) is 12.1 Å². The monoisotopic (exact) mass is 291 g/mol. The Morgan fingerprint density at radius 3 is 2.67 bits per heavy atom. The van der Waals surface area contributed by atoms with Crippen LogP contribution in [0.1, 0.15) is 15.9 Å². The van der Waals surface area contributed by atoms with Crippen LogP contribution in [0.4, 0.5) is 5.69 Å². The molecule has 0 aliphatic heterocycles. The highest BCUT2D eigenvalue weighted by Gasteiger charge is 2.17. The number of nitro groups is 1.